The molecule has 78 valence electrons. The summed E-state index contributed by atoms with van der Waals surface area (Å²) in [6, 6.07) is 2.41. The summed E-state index contributed by atoms with van der Waals surface area (Å²) in [6.07, 6.45) is 4.68. The third-order valence-corrected chi connectivity index (χ3v) is 2.20. The van der Waals surface area contributed by atoms with E-state index in [9.17, 15) is 0 Å². The van der Waals surface area contributed by atoms with Gasteiger partial charge in [0.15, 0.2) is 0 Å². The average Bonchev–Trinajstić information content (AvgIpc) is 2.21. The van der Waals surface area contributed by atoms with Crippen molar-refractivity contribution in [3.63, 3.8) is 0 Å². The van der Waals surface area contributed by atoms with Crippen LogP contribution >= 0.6 is 0 Å². The molecular formula is C11H18N2O. The van der Waals surface area contributed by atoms with Crippen LogP contribution in [0.3, 0.4) is 0 Å². The van der Waals surface area contributed by atoms with Crippen molar-refractivity contribution in [3.05, 3.63) is 24.0 Å². The largest absolute Gasteiger partial charge is 0.492 e. The molecule has 0 aliphatic rings. The number of rotatable bonds is 5. The van der Waals surface area contributed by atoms with Crippen LogP contribution in [-0.4, -0.2) is 18.6 Å². The van der Waals surface area contributed by atoms with Crippen molar-refractivity contribution in [2.24, 2.45) is 0 Å². The summed E-state index contributed by atoms with van der Waals surface area (Å²) >= 11 is 0. The number of nitrogens with one attached hydrogen (secondary N) is 1. The highest BCUT2D eigenvalue weighted by atomic mass is 16.5. The van der Waals surface area contributed by atoms with Crippen molar-refractivity contribution in [3.8, 4) is 5.75 Å². The Morgan fingerprint density at radius 1 is 1.43 bits per heavy atom. The van der Waals surface area contributed by atoms with Gasteiger partial charge in [-0.05, 0) is 32.0 Å². The van der Waals surface area contributed by atoms with Crippen LogP contribution in [0, 0.1) is 0 Å². The van der Waals surface area contributed by atoms with Gasteiger partial charge in [0.05, 0.1) is 12.8 Å². The Hall–Kier alpha value is -1.09. The highest BCUT2D eigenvalue weighted by Crippen LogP contribution is 2.19. The third kappa shape index (κ3) is 2.70. The second-order valence-electron chi connectivity index (χ2n) is 3.14. The zero-order valence-corrected chi connectivity index (χ0v) is 9.08. The maximum absolute atomic E-state index is 5.40. The van der Waals surface area contributed by atoms with E-state index >= 15 is 0 Å². The Labute approximate surface area is 85.5 Å². The predicted octanol–water partition coefficient (Wildman–Crippen LogP) is 2.15. The molecule has 1 atom stereocenters. The van der Waals surface area contributed by atoms with Gasteiger partial charge in [0.1, 0.15) is 5.75 Å². The molecule has 1 N–H and O–H groups in total. The Morgan fingerprint density at radius 3 is 2.79 bits per heavy atom. The maximum atomic E-state index is 5.40. The molecule has 0 bridgehead atoms. The fourth-order valence-electron chi connectivity index (χ4n) is 1.48. The van der Waals surface area contributed by atoms with Crippen molar-refractivity contribution in [1.29, 1.82) is 0 Å². The minimum Gasteiger partial charge on any atom is -0.492 e. The van der Waals surface area contributed by atoms with Gasteiger partial charge in [-0.3, -0.25) is 4.98 Å². The van der Waals surface area contributed by atoms with E-state index in [1.807, 2.05) is 26.2 Å². The van der Waals surface area contributed by atoms with Crippen molar-refractivity contribution in [2.45, 2.75) is 26.3 Å². The topological polar surface area (TPSA) is 34.1 Å². The molecule has 1 aromatic heterocycles. The van der Waals surface area contributed by atoms with Crippen molar-refractivity contribution >= 4 is 0 Å². The summed E-state index contributed by atoms with van der Waals surface area (Å²) in [5.74, 6) is 0.846. The summed E-state index contributed by atoms with van der Waals surface area (Å²) in [5.41, 5.74) is 1.18. The lowest BCUT2D eigenvalue weighted by Crippen LogP contribution is -2.15. The molecule has 0 saturated carbocycles. The third-order valence-electron chi connectivity index (χ3n) is 2.20. The molecule has 0 radical (unpaired) electrons. The van der Waals surface area contributed by atoms with Gasteiger partial charge in [-0.25, -0.2) is 0 Å². The summed E-state index contributed by atoms with van der Waals surface area (Å²) in [5, 5.41) is 3.24. The van der Waals surface area contributed by atoms with Crippen LogP contribution in [0.4, 0.5) is 0 Å². The summed E-state index contributed by atoms with van der Waals surface area (Å²) in [7, 11) is 1.96. The lowest BCUT2D eigenvalue weighted by Gasteiger charge is -2.14. The molecule has 0 fully saturated rings. The maximum Gasteiger partial charge on any atom is 0.137 e. The van der Waals surface area contributed by atoms with Gasteiger partial charge in [-0.15, -0.1) is 0 Å². The molecule has 0 aliphatic heterocycles. The van der Waals surface area contributed by atoms with E-state index in [1.54, 1.807) is 6.20 Å². The summed E-state index contributed by atoms with van der Waals surface area (Å²) < 4.78 is 5.40. The second-order valence-corrected chi connectivity index (χ2v) is 3.14. The quantitative estimate of drug-likeness (QED) is 0.780. The molecule has 1 aromatic rings. The molecule has 3 heteroatoms. The molecule has 1 unspecified atom stereocenters. The summed E-state index contributed by atoms with van der Waals surface area (Å²) in [6.45, 7) is 4.80. The lowest BCUT2D eigenvalue weighted by atomic mass is 10.1. The standard InChI is InChI=1S/C11H18N2O/c1-4-11(12-3)9-6-10(14-5-2)8-13-7-9/h6-8,11-12H,4-5H2,1-3H3. The molecule has 0 saturated heterocycles. The first-order valence-corrected chi connectivity index (χ1v) is 5.06. The van der Waals surface area contributed by atoms with Crippen LogP contribution < -0.4 is 10.1 Å². The van der Waals surface area contributed by atoms with Crippen molar-refractivity contribution in [1.82, 2.24) is 10.3 Å². The highest BCUT2D eigenvalue weighted by Gasteiger charge is 2.07. The van der Waals surface area contributed by atoms with Gasteiger partial charge in [0.2, 0.25) is 0 Å². The van der Waals surface area contributed by atoms with Crippen LogP contribution in [0.1, 0.15) is 31.9 Å². The number of hydrogen-bond donors (Lipinski definition) is 1. The van der Waals surface area contributed by atoms with Gasteiger partial charge in [-0.2, -0.15) is 0 Å². The Balaban J connectivity index is 2.81. The molecule has 0 aromatic carbocycles. The second kappa shape index (κ2) is 5.60. The van der Waals surface area contributed by atoms with Gasteiger partial charge in [0, 0.05) is 12.2 Å². The smallest absolute Gasteiger partial charge is 0.137 e. The van der Waals surface area contributed by atoms with Crippen LogP contribution in [0.2, 0.25) is 0 Å². The average molecular weight is 194 g/mol. The molecule has 0 spiro atoms. The fraction of sp³-hybridized carbons (Fsp3) is 0.545. The minimum atomic E-state index is 0.364. The molecule has 1 heterocycles. The van der Waals surface area contributed by atoms with Gasteiger partial charge in [0.25, 0.3) is 0 Å². The summed E-state index contributed by atoms with van der Waals surface area (Å²) in [4.78, 5) is 4.16. The van der Waals surface area contributed by atoms with Gasteiger partial charge >= 0.3 is 0 Å². The highest BCUT2D eigenvalue weighted by molar-refractivity contribution is 5.25. The molecular weight excluding hydrogens is 176 g/mol. The Bertz CT molecular complexity index is 272. The molecule has 3 nitrogen and oxygen atoms in total. The van der Waals surface area contributed by atoms with E-state index in [0.717, 1.165) is 12.2 Å². The van der Waals surface area contributed by atoms with Gasteiger partial charge in [-0.1, -0.05) is 6.92 Å². The van der Waals surface area contributed by atoms with Crippen LogP contribution in [0.15, 0.2) is 18.5 Å². The zero-order chi connectivity index (χ0) is 10.4. The first kappa shape index (κ1) is 11.0. The number of pyridine rings is 1. The number of ether oxygens (including phenoxy) is 1. The van der Waals surface area contributed by atoms with Crippen molar-refractivity contribution < 1.29 is 4.74 Å². The molecule has 14 heavy (non-hydrogen) atoms. The SMILES string of the molecule is CCOc1cncc(C(CC)NC)c1. The zero-order valence-electron chi connectivity index (χ0n) is 9.08. The number of hydrogen-bond acceptors (Lipinski definition) is 3. The van der Waals surface area contributed by atoms with E-state index in [1.165, 1.54) is 5.56 Å². The first-order chi connectivity index (χ1) is 6.81. The Kier molecular flexibility index (Phi) is 4.40. The monoisotopic (exact) mass is 194 g/mol. The number of aromatic nitrogens is 1. The van der Waals surface area contributed by atoms with Crippen LogP contribution in [0.5, 0.6) is 5.75 Å². The van der Waals surface area contributed by atoms with E-state index in [-0.39, 0.29) is 0 Å². The van der Waals surface area contributed by atoms with Crippen molar-refractivity contribution in [2.75, 3.05) is 13.7 Å². The fourth-order valence-corrected chi connectivity index (χ4v) is 1.48. The molecule has 0 aliphatic carbocycles. The van der Waals surface area contributed by atoms with Crippen LogP contribution in [0.25, 0.3) is 0 Å². The normalized spacial score (nSPS) is 12.5. The van der Waals surface area contributed by atoms with E-state index in [0.29, 0.717) is 12.6 Å². The Morgan fingerprint density at radius 2 is 2.21 bits per heavy atom. The van der Waals surface area contributed by atoms with Crippen LogP contribution in [-0.2, 0) is 0 Å². The van der Waals surface area contributed by atoms with E-state index in [4.69, 9.17) is 4.74 Å². The minimum absolute atomic E-state index is 0.364. The first-order valence-electron chi connectivity index (χ1n) is 5.06. The van der Waals surface area contributed by atoms with Gasteiger partial charge < -0.3 is 10.1 Å². The molecule has 1 rings (SSSR count). The lowest BCUT2D eigenvalue weighted by molar-refractivity contribution is 0.338. The predicted molar refractivity (Wildman–Crippen MR) is 57.5 cm³/mol. The van der Waals surface area contributed by atoms with E-state index < -0.39 is 0 Å². The molecule has 0 amide bonds. The number of nitrogens with zero attached hydrogens (tertiary/aromatic N) is 1. The van der Waals surface area contributed by atoms with E-state index in [2.05, 4.69) is 17.2 Å².